The second-order valence-corrected chi connectivity index (χ2v) is 5.61. The summed E-state index contributed by atoms with van der Waals surface area (Å²) in [6.07, 6.45) is 0. The minimum absolute atomic E-state index is 0.142. The van der Waals surface area contributed by atoms with E-state index in [4.69, 9.17) is 10.5 Å². The lowest BCUT2D eigenvalue weighted by molar-refractivity contribution is -0.147. The molecule has 106 valence electrons. The lowest BCUT2D eigenvalue weighted by Crippen LogP contribution is -2.33. The van der Waals surface area contributed by atoms with Crippen molar-refractivity contribution in [1.29, 1.82) is 0 Å². The molecule has 1 aromatic rings. The molecule has 0 fully saturated rings. The van der Waals surface area contributed by atoms with E-state index >= 15 is 0 Å². The number of methoxy groups -OCH3 is 1. The van der Waals surface area contributed by atoms with E-state index in [9.17, 15) is 4.79 Å². The Labute approximate surface area is 116 Å². The third-order valence-electron chi connectivity index (χ3n) is 3.82. The van der Waals surface area contributed by atoms with Gasteiger partial charge in [0, 0.05) is 6.04 Å². The molecule has 2 unspecified atom stereocenters. The summed E-state index contributed by atoms with van der Waals surface area (Å²) in [4.78, 5) is 11.9. The van der Waals surface area contributed by atoms with Crippen LogP contribution in [0.5, 0.6) is 0 Å². The van der Waals surface area contributed by atoms with Crippen molar-refractivity contribution in [1.82, 2.24) is 0 Å². The highest BCUT2D eigenvalue weighted by Gasteiger charge is 2.31. The molecule has 2 atom stereocenters. The summed E-state index contributed by atoms with van der Waals surface area (Å²) in [6.45, 7) is 10.2. The predicted octanol–water partition coefficient (Wildman–Crippen LogP) is 3.06. The van der Waals surface area contributed by atoms with Crippen LogP contribution in [0, 0.1) is 32.6 Å². The average Bonchev–Trinajstić information content (AvgIpc) is 2.33. The summed E-state index contributed by atoms with van der Waals surface area (Å²) in [7, 11) is 1.41. The summed E-state index contributed by atoms with van der Waals surface area (Å²) < 4.78 is 4.89. The van der Waals surface area contributed by atoms with Gasteiger partial charge in [-0.2, -0.15) is 0 Å². The lowest BCUT2D eigenvalue weighted by atomic mass is 9.82. The molecular weight excluding hydrogens is 238 g/mol. The lowest BCUT2D eigenvalue weighted by Gasteiger charge is -2.27. The smallest absolute Gasteiger partial charge is 0.310 e. The maximum absolute atomic E-state index is 11.9. The van der Waals surface area contributed by atoms with E-state index < -0.39 is 0 Å². The van der Waals surface area contributed by atoms with Gasteiger partial charge >= 0.3 is 5.97 Å². The van der Waals surface area contributed by atoms with Gasteiger partial charge in [-0.1, -0.05) is 26.0 Å². The molecule has 0 radical (unpaired) electrons. The van der Waals surface area contributed by atoms with E-state index in [2.05, 4.69) is 26.0 Å². The molecule has 0 aliphatic rings. The van der Waals surface area contributed by atoms with Gasteiger partial charge < -0.3 is 10.5 Å². The first kappa shape index (κ1) is 15.7. The fourth-order valence-electron chi connectivity index (χ4n) is 2.50. The minimum atomic E-state index is -0.327. The highest BCUT2D eigenvalue weighted by atomic mass is 16.5. The number of hydrogen-bond acceptors (Lipinski definition) is 3. The van der Waals surface area contributed by atoms with E-state index in [1.807, 2.05) is 20.8 Å². The van der Waals surface area contributed by atoms with E-state index in [1.54, 1.807) is 0 Å². The molecule has 0 saturated heterocycles. The quantitative estimate of drug-likeness (QED) is 0.849. The molecular formula is C16H25NO2. The zero-order valence-corrected chi connectivity index (χ0v) is 12.8. The summed E-state index contributed by atoms with van der Waals surface area (Å²) in [5.74, 6) is -0.408. The number of aryl methyl sites for hydroxylation is 3. The zero-order valence-electron chi connectivity index (χ0n) is 12.8. The van der Waals surface area contributed by atoms with Gasteiger partial charge in [0.25, 0.3) is 0 Å². The van der Waals surface area contributed by atoms with Crippen LogP contribution >= 0.6 is 0 Å². The zero-order chi connectivity index (χ0) is 14.7. The third kappa shape index (κ3) is 3.35. The maximum atomic E-state index is 11.9. The first-order chi connectivity index (χ1) is 8.79. The standard InChI is InChI=1S/C16H25NO2/c1-9(2)14(16(18)19-6)15(17)13-8-11(4)10(3)7-12(13)5/h7-9,14-15H,17H2,1-6H3. The molecule has 0 aliphatic carbocycles. The van der Waals surface area contributed by atoms with E-state index in [0.29, 0.717) is 0 Å². The number of hydrogen-bond donors (Lipinski definition) is 1. The fraction of sp³-hybridized carbons (Fsp3) is 0.562. The van der Waals surface area contributed by atoms with Crippen LogP contribution in [0.3, 0.4) is 0 Å². The number of nitrogens with two attached hydrogens (primary N) is 1. The molecule has 3 nitrogen and oxygen atoms in total. The summed E-state index contributed by atoms with van der Waals surface area (Å²) in [6, 6.07) is 3.89. The van der Waals surface area contributed by atoms with Crippen LogP contribution in [0.15, 0.2) is 12.1 Å². The van der Waals surface area contributed by atoms with E-state index in [1.165, 1.54) is 18.2 Å². The number of benzene rings is 1. The van der Waals surface area contributed by atoms with Gasteiger partial charge in [-0.05, 0) is 48.9 Å². The normalized spacial score (nSPS) is 14.3. The molecule has 0 aromatic heterocycles. The number of esters is 1. The van der Waals surface area contributed by atoms with Crippen LogP contribution in [0.1, 0.15) is 42.1 Å². The molecule has 2 N–H and O–H groups in total. The average molecular weight is 263 g/mol. The SMILES string of the molecule is COC(=O)C(C(C)C)C(N)c1cc(C)c(C)cc1C. The second kappa shape index (κ2) is 6.20. The molecule has 1 aromatic carbocycles. The molecule has 0 amide bonds. The third-order valence-corrected chi connectivity index (χ3v) is 3.82. The van der Waals surface area contributed by atoms with Crippen molar-refractivity contribution >= 4 is 5.97 Å². The molecule has 19 heavy (non-hydrogen) atoms. The molecule has 0 bridgehead atoms. The Hall–Kier alpha value is -1.35. The van der Waals surface area contributed by atoms with Gasteiger partial charge in [-0.15, -0.1) is 0 Å². The van der Waals surface area contributed by atoms with Crippen LogP contribution in [0.4, 0.5) is 0 Å². The first-order valence-corrected chi connectivity index (χ1v) is 6.70. The van der Waals surface area contributed by atoms with Crippen LogP contribution in [0.2, 0.25) is 0 Å². The predicted molar refractivity (Wildman–Crippen MR) is 77.9 cm³/mol. The highest BCUT2D eigenvalue weighted by molar-refractivity contribution is 5.74. The van der Waals surface area contributed by atoms with Crippen molar-refractivity contribution in [2.45, 2.75) is 40.7 Å². The van der Waals surface area contributed by atoms with E-state index in [-0.39, 0.29) is 23.8 Å². The molecule has 0 aliphatic heterocycles. The van der Waals surface area contributed by atoms with Crippen LogP contribution < -0.4 is 5.73 Å². The van der Waals surface area contributed by atoms with Crippen molar-refractivity contribution in [3.05, 3.63) is 34.4 Å². The number of carbonyl (C=O) groups is 1. The van der Waals surface area contributed by atoms with Gasteiger partial charge in [-0.3, -0.25) is 4.79 Å². The molecule has 3 heteroatoms. The number of carbonyl (C=O) groups excluding carboxylic acids is 1. The van der Waals surface area contributed by atoms with Crippen LogP contribution in [-0.2, 0) is 9.53 Å². The van der Waals surface area contributed by atoms with E-state index in [0.717, 1.165) is 11.1 Å². The second-order valence-electron chi connectivity index (χ2n) is 5.61. The van der Waals surface area contributed by atoms with Crippen molar-refractivity contribution in [2.75, 3.05) is 7.11 Å². The van der Waals surface area contributed by atoms with Gasteiger partial charge in [-0.25, -0.2) is 0 Å². The monoisotopic (exact) mass is 263 g/mol. The van der Waals surface area contributed by atoms with Crippen LogP contribution in [-0.4, -0.2) is 13.1 Å². The summed E-state index contributed by atoms with van der Waals surface area (Å²) >= 11 is 0. The van der Waals surface area contributed by atoms with Crippen molar-refractivity contribution in [3.63, 3.8) is 0 Å². The van der Waals surface area contributed by atoms with Crippen molar-refractivity contribution in [3.8, 4) is 0 Å². The fourth-order valence-corrected chi connectivity index (χ4v) is 2.50. The Morgan fingerprint density at radius 3 is 2.11 bits per heavy atom. The topological polar surface area (TPSA) is 52.3 Å². The van der Waals surface area contributed by atoms with Gasteiger partial charge in [0.05, 0.1) is 13.0 Å². The largest absolute Gasteiger partial charge is 0.469 e. The van der Waals surface area contributed by atoms with Gasteiger partial charge in [0.15, 0.2) is 0 Å². The van der Waals surface area contributed by atoms with Gasteiger partial charge in [0.1, 0.15) is 0 Å². The highest BCUT2D eigenvalue weighted by Crippen LogP contribution is 2.30. The molecule has 0 heterocycles. The van der Waals surface area contributed by atoms with Gasteiger partial charge in [0.2, 0.25) is 0 Å². The Morgan fingerprint density at radius 2 is 1.63 bits per heavy atom. The molecule has 0 saturated carbocycles. The van der Waals surface area contributed by atoms with Crippen molar-refractivity contribution < 1.29 is 9.53 Å². The van der Waals surface area contributed by atoms with Crippen LogP contribution in [0.25, 0.3) is 0 Å². The maximum Gasteiger partial charge on any atom is 0.310 e. The Balaban J connectivity index is 3.20. The molecule has 0 spiro atoms. The first-order valence-electron chi connectivity index (χ1n) is 6.70. The minimum Gasteiger partial charge on any atom is -0.469 e. The van der Waals surface area contributed by atoms with Crippen molar-refractivity contribution in [2.24, 2.45) is 17.6 Å². The summed E-state index contributed by atoms with van der Waals surface area (Å²) in [5, 5.41) is 0. The Morgan fingerprint density at radius 1 is 1.11 bits per heavy atom. The Bertz CT molecular complexity index is 466. The summed E-state index contributed by atoms with van der Waals surface area (Å²) in [5.41, 5.74) is 10.9. The Kier molecular flexibility index (Phi) is 5.12. The number of rotatable bonds is 4. The molecule has 1 rings (SSSR count). The number of ether oxygens (including phenoxy) is 1.